The number of carboxylic acids is 1. The summed E-state index contributed by atoms with van der Waals surface area (Å²) >= 11 is 0. The molecule has 0 spiro atoms. The predicted octanol–water partition coefficient (Wildman–Crippen LogP) is 4.62. The molecule has 1 amide bonds. The molecule has 6 nitrogen and oxygen atoms in total. The van der Waals surface area contributed by atoms with E-state index in [1.165, 1.54) is 4.90 Å². The zero-order chi connectivity index (χ0) is 21.2. The van der Waals surface area contributed by atoms with Crippen molar-refractivity contribution >= 4 is 18.2 Å². The summed E-state index contributed by atoms with van der Waals surface area (Å²) in [5.74, 6) is -0.302. The molecule has 0 saturated carbocycles. The SMILES string of the molecule is CCCOc1ccc(-c2cccc(CCCC(=N)N(C=O)CC)c2)cc1C(=O)O. The molecule has 0 atom stereocenters. The van der Waals surface area contributed by atoms with E-state index in [2.05, 4.69) is 0 Å². The average Bonchev–Trinajstić information content (AvgIpc) is 2.73. The number of ether oxygens (including phenoxy) is 1. The second-order valence-corrected chi connectivity index (χ2v) is 6.76. The monoisotopic (exact) mass is 396 g/mol. The maximum absolute atomic E-state index is 11.6. The first-order chi connectivity index (χ1) is 14.0. The van der Waals surface area contributed by atoms with Crippen LogP contribution in [0.2, 0.25) is 0 Å². The fourth-order valence-electron chi connectivity index (χ4n) is 3.05. The van der Waals surface area contributed by atoms with Crippen LogP contribution in [-0.2, 0) is 11.2 Å². The number of hydrogen-bond donors (Lipinski definition) is 2. The number of carbonyl (C=O) groups excluding carboxylic acids is 1. The van der Waals surface area contributed by atoms with E-state index in [0.717, 1.165) is 36.0 Å². The first-order valence-corrected chi connectivity index (χ1v) is 9.88. The number of amidine groups is 1. The summed E-state index contributed by atoms with van der Waals surface area (Å²) in [6, 6.07) is 13.2. The molecule has 0 aliphatic heterocycles. The van der Waals surface area contributed by atoms with Crippen molar-refractivity contribution in [2.75, 3.05) is 13.2 Å². The van der Waals surface area contributed by atoms with Gasteiger partial charge in [0, 0.05) is 13.0 Å². The highest BCUT2D eigenvalue weighted by molar-refractivity contribution is 5.92. The van der Waals surface area contributed by atoms with Gasteiger partial charge in [-0.1, -0.05) is 37.3 Å². The minimum atomic E-state index is -1.01. The lowest BCUT2D eigenvalue weighted by atomic mass is 9.98. The standard InChI is InChI=1S/C23H28N2O4/c1-3-13-29-21-12-11-19(15-20(21)23(27)28)18-9-5-7-17(14-18)8-6-10-22(24)25(4-2)16-26/h5,7,9,11-12,14-16,24H,3-4,6,8,10,13H2,1-2H3,(H,27,28). The quantitative estimate of drug-likeness (QED) is 0.329. The first-order valence-electron chi connectivity index (χ1n) is 9.88. The molecule has 2 aromatic carbocycles. The lowest BCUT2D eigenvalue weighted by Gasteiger charge is -2.15. The Balaban J connectivity index is 2.12. The van der Waals surface area contributed by atoms with Crippen molar-refractivity contribution in [3.63, 3.8) is 0 Å². The molecular weight excluding hydrogens is 368 g/mol. The van der Waals surface area contributed by atoms with Gasteiger partial charge >= 0.3 is 5.97 Å². The van der Waals surface area contributed by atoms with Gasteiger partial charge in [-0.25, -0.2) is 4.79 Å². The Morgan fingerprint density at radius 1 is 1.17 bits per heavy atom. The molecule has 0 fully saturated rings. The van der Waals surface area contributed by atoms with E-state index in [0.29, 0.717) is 37.6 Å². The van der Waals surface area contributed by atoms with Crippen LogP contribution >= 0.6 is 0 Å². The van der Waals surface area contributed by atoms with Crippen LogP contribution in [0.1, 0.15) is 49.0 Å². The third-order valence-electron chi connectivity index (χ3n) is 4.63. The lowest BCUT2D eigenvalue weighted by Crippen LogP contribution is -2.28. The van der Waals surface area contributed by atoms with Crippen LogP contribution in [-0.4, -0.2) is 41.4 Å². The van der Waals surface area contributed by atoms with E-state index in [1.807, 2.05) is 44.2 Å². The van der Waals surface area contributed by atoms with Crippen LogP contribution in [0.4, 0.5) is 0 Å². The van der Waals surface area contributed by atoms with Gasteiger partial charge in [0.15, 0.2) is 0 Å². The van der Waals surface area contributed by atoms with Crippen molar-refractivity contribution in [1.29, 1.82) is 5.41 Å². The van der Waals surface area contributed by atoms with E-state index in [9.17, 15) is 14.7 Å². The van der Waals surface area contributed by atoms with E-state index < -0.39 is 5.97 Å². The zero-order valence-electron chi connectivity index (χ0n) is 17.0. The number of nitrogens with zero attached hydrogens (tertiary/aromatic N) is 1. The summed E-state index contributed by atoms with van der Waals surface area (Å²) in [4.78, 5) is 23.9. The van der Waals surface area contributed by atoms with Gasteiger partial charge in [-0.15, -0.1) is 0 Å². The van der Waals surface area contributed by atoms with Crippen LogP contribution in [0, 0.1) is 5.41 Å². The molecule has 0 aliphatic carbocycles. The maximum Gasteiger partial charge on any atom is 0.339 e. The van der Waals surface area contributed by atoms with Crippen LogP contribution < -0.4 is 4.74 Å². The molecule has 2 N–H and O–H groups in total. The fraction of sp³-hybridized carbons (Fsp3) is 0.348. The molecule has 6 heteroatoms. The fourth-order valence-corrected chi connectivity index (χ4v) is 3.05. The molecule has 2 aromatic rings. The van der Waals surface area contributed by atoms with Crippen molar-refractivity contribution in [3.8, 4) is 16.9 Å². The van der Waals surface area contributed by atoms with Gasteiger partial charge in [0.05, 0.1) is 6.61 Å². The maximum atomic E-state index is 11.6. The zero-order valence-corrected chi connectivity index (χ0v) is 17.0. The normalized spacial score (nSPS) is 10.4. The molecule has 0 aliphatic rings. The van der Waals surface area contributed by atoms with Crippen molar-refractivity contribution in [2.45, 2.75) is 39.5 Å². The molecule has 0 aromatic heterocycles. The molecule has 154 valence electrons. The Hall–Kier alpha value is -3.15. The molecule has 0 saturated heterocycles. The molecule has 29 heavy (non-hydrogen) atoms. The highest BCUT2D eigenvalue weighted by Gasteiger charge is 2.13. The number of benzene rings is 2. The Morgan fingerprint density at radius 3 is 2.59 bits per heavy atom. The Kier molecular flexibility index (Phi) is 8.40. The molecule has 0 unspecified atom stereocenters. The minimum Gasteiger partial charge on any atom is -0.493 e. The van der Waals surface area contributed by atoms with Crippen LogP contribution in [0.5, 0.6) is 5.75 Å². The van der Waals surface area contributed by atoms with E-state index in [4.69, 9.17) is 10.1 Å². The van der Waals surface area contributed by atoms with Gasteiger partial charge in [0.1, 0.15) is 17.1 Å². The van der Waals surface area contributed by atoms with E-state index >= 15 is 0 Å². The number of amides is 1. The third kappa shape index (κ3) is 6.17. The number of rotatable bonds is 11. The number of nitrogens with one attached hydrogen (secondary N) is 1. The number of carboxylic acid groups (broad SMARTS) is 1. The lowest BCUT2D eigenvalue weighted by molar-refractivity contribution is -0.114. The molecule has 0 heterocycles. The Morgan fingerprint density at radius 2 is 1.93 bits per heavy atom. The van der Waals surface area contributed by atoms with Crippen LogP contribution in [0.15, 0.2) is 42.5 Å². The number of aromatic carboxylic acids is 1. The topological polar surface area (TPSA) is 90.7 Å². The summed E-state index contributed by atoms with van der Waals surface area (Å²) in [6.45, 7) is 4.79. The Bertz CT molecular complexity index is 864. The molecule has 2 rings (SSSR count). The molecular formula is C23H28N2O4. The highest BCUT2D eigenvalue weighted by atomic mass is 16.5. The number of carbonyl (C=O) groups is 2. The van der Waals surface area contributed by atoms with Crippen molar-refractivity contribution in [3.05, 3.63) is 53.6 Å². The van der Waals surface area contributed by atoms with Gasteiger partial charge in [-0.3, -0.25) is 10.2 Å². The van der Waals surface area contributed by atoms with E-state index in [-0.39, 0.29) is 5.56 Å². The number of hydrogen-bond acceptors (Lipinski definition) is 4. The van der Waals surface area contributed by atoms with Gasteiger partial charge in [-0.2, -0.15) is 0 Å². The summed E-state index contributed by atoms with van der Waals surface area (Å²) in [7, 11) is 0. The first kappa shape index (κ1) is 22.1. The summed E-state index contributed by atoms with van der Waals surface area (Å²) in [6.07, 6.45) is 3.57. The van der Waals surface area contributed by atoms with Crippen molar-refractivity contribution in [1.82, 2.24) is 4.90 Å². The second kappa shape index (κ2) is 11.0. The van der Waals surface area contributed by atoms with Gasteiger partial charge in [-0.05, 0) is 55.0 Å². The van der Waals surface area contributed by atoms with Crippen LogP contribution in [0.25, 0.3) is 11.1 Å². The minimum absolute atomic E-state index is 0.156. The predicted molar refractivity (Wildman–Crippen MR) is 114 cm³/mol. The highest BCUT2D eigenvalue weighted by Crippen LogP contribution is 2.28. The summed E-state index contributed by atoms with van der Waals surface area (Å²) < 4.78 is 5.55. The van der Waals surface area contributed by atoms with Crippen molar-refractivity contribution in [2.24, 2.45) is 0 Å². The van der Waals surface area contributed by atoms with Crippen LogP contribution in [0.3, 0.4) is 0 Å². The summed E-state index contributed by atoms with van der Waals surface area (Å²) in [5.41, 5.74) is 3.01. The number of aryl methyl sites for hydroxylation is 1. The van der Waals surface area contributed by atoms with Crippen molar-refractivity contribution < 1.29 is 19.4 Å². The van der Waals surface area contributed by atoms with Gasteiger partial charge < -0.3 is 14.7 Å². The Labute approximate surface area is 171 Å². The second-order valence-electron chi connectivity index (χ2n) is 6.76. The van der Waals surface area contributed by atoms with E-state index in [1.54, 1.807) is 12.1 Å². The third-order valence-corrected chi connectivity index (χ3v) is 4.63. The molecule has 0 bridgehead atoms. The molecule has 0 radical (unpaired) electrons. The largest absolute Gasteiger partial charge is 0.493 e. The van der Waals surface area contributed by atoms with Gasteiger partial charge in [0.25, 0.3) is 0 Å². The smallest absolute Gasteiger partial charge is 0.339 e. The van der Waals surface area contributed by atoms with Gasteiger partial charge in [0.2, 0.25) is 6.41 Å². The average molecular weight is 396 g/mol. The summed E-state index contributed by atoms with van der Waals surface area (Å²) in [5, 5.41) is 17.5.